The maximum absolute atomic E-state index is 13.0. The van der Waals surface area contributed by atoms with Gasteiger partial charge in [0.25, 0.3) is 0 Å². The van der Waals surface area contributed by atoms with Gasteiger partial charge in [0, 0.05) is 13.1 Å². The number of aromatic nitrogens is 2. The van der Waals surface area contributed by atoms with Gasteiger partial charge in [-0.05, 0) is 56.1 Å². The Kier molecular flexibility index (Phi) is 6.17. The maximum Gasteiger partial charge on any atom is 0.329 e. The van der Waals surface area contributed by atoms with Crippen molar-refractivity contribution in [3.8, 4) is 6.07 Å². The number of carbonyl (C=O) groups excluding carboxylic acids is 1. The van der Waals surface area contributed by atoms with Crippen molar-refractivity contribution in [3.63, 3.8) is 0 Å². The van der Waals surface area contributed by atoms with Crippen LogP contribution in [-0.2, 0) is 9.53 Å². The van der Waals surface area contributed by atoms with Gasteiger partial charge in [-0.1, -0.05) is 32.4 Å². The Morgan fingerprint density at radius 3 is 2.37 bits per heavy atom. The van der Waals surface area contributed by atoms with Crippen molar-refractivity contribution < 1.29 is 9.53 Å². The van der Waals surface area contributed by atoms with Crippen LogP contribution in [0.4, 0.5) is 5.82 Å². The molecule has 158 valence electrons. The summed E-state index contributed by atoms with van der Waals surface area (Å²) in [6.45, 7) is 6.16. The third-order valence-corrected chi connectivity index (χ3v) is 6.22. The molecule has 6 nitrogen and oxygen atoms in total. The van der Waals surface area contributed by atoms with Gasteiger partial charge in [-0.2, -0.15) is 5.26 Å². The summed E-state index contributed by atoms with van der Waals surface area (Å²) in [5, 5.41) is 9.94. The minimum Gasteiger partial charge on any atom is -0.461 e. The Morgan fingerprint density at radius 2 is 1.73 bits per heavy atom. The Labute approximate surface area is 178 Å². The quantitative estimate of drug-likeness (QED) is 0.691. The lowest BCUT2D eigenvalue weighted by Gasteiger charge is -2.36. The highest BCUT2D eigenvalue weighted by molar-refractivity contribution is 5.85. The first-order chi connectivity index (χ1) is 14.5. The van der Waals surface area contributed by atoms with Crippen LogP contribution in [0.2, 0.25) is 0 Å². The summed E-state index contributed by atoms with van der Waals surface area (Å²) in [6.07, 6.45) is 6.15. The molecule has 2 heterocycles. The highest BCUT2D eigenvalue weighted by Gasteiger charge is 2.33. The van der Waals surface area contributed by atoms with Crippen molar-refractivity contribution in [1.29, 1.82) is 5.26 Å². The van der Waals surface area contributed by atoms with Gasteiger partial charge in [-0.25, -0.2) is 9.97 Å². The van der Waals surface area contributed by atoms with Gasteiger partial charge < -0.3 is 9.64 Å². The lowest BCUT2D eigenvalue weighted by atomic mass is 9.91. The van der Waals surface area contributed by atoms with Crippen molar-refractivity contribution in [3.05, 3.63) is 30.0 Å². The van der Waals surface area contributed by atoms with Crippen LogP contribution in [0.3, 0.4) is 0 Å². The van der Waals surface area contributed by atoms with Gasteiger partial charge in [-0.3, -0.25) is 4.79 Å². The average Bonchev–Trinajstić information content (AvgIpc) is 2.74. The van der Waals surface area contributed by atoms with Gasteiger partial charge in [0.05, 0.1) is 17.1 Å². The second-order valence-corrected chi connectivity index (χ2v) is 9.03. The predicted octanol–water partition coefficient (Wildman–Crippen LogP) is 4.60. The van der Waals surface area contributed by atoms with Crippen LogP contribution >= 0.6 is 0 Å². The molecule has 1 saturated heterocycles. The number of nitriles is 1. The lowest BCUT2D eigenvalue weighted by Crippen LogP contribution is -2.40. The molecule has 1 aliphatic heterocycles. The summed E-state index contributed by atoms with van der Waals surface area (Å²) in [6, 6.07) is 9.80. The molecule has 0 spiro atoms. The predicted molar refractivity (Wildman–Crippen MR) is 116 cm³/mol. The topological polar surface area (TPSA) is 79.1 Å². The molecule has 2 fully saturated rings. The molecule has 0 amide bonds. The molecule has 1 aromatic carbocycles. The fourth-order valence-corrected chi connectivity index (χ4v) is 4.91. The smallest absolute Gasteiger partial charge is 0.329 e. The Balaban J connectivity index is 1.71. The van der Waals surface area contributed by atoms with E-state index in [0.717, 1.165) is 50.7 Å². The molecule has 0 N–H and O–H groups in total. The van der Waals surface area contributed by atoms with Crippen molar-refractivity contribution in [2.24, 2.45) is 11.8 Å². The Morgan fingerprint density at radius 1 is 1.10 bits per heavy atom. The van der Waals surface area contributed by atoms with Crippen molar-refractivity contribution in [2.45, 2.75) is 64.4 Å². The maximum atomic E-state index is 13.0. The first kappa shape index (κ1) is 20.6. The number of carbonyl (C=O) groups is 1. The highest BCUT2D eigenvalue weighted by atomic mass is 16.5. The average molecular weight is 407 g/mol. The number of nitrogens with zero attached hydrogens (tertiary/aromatic N) is 4. The van der Waals surface area contributed by atoms with Gasteiger partial charge in [-0.15, -0.1) is 0 Å². The molecule has 1 aromatic heterocycles. The van der Waals surface area contributed by atoms with Gasteiger partial charge in [0.2, 0.25) is 0 Å². The van der Waals surface area contributed by atoms with E-state index in [1.165, 1.54) is 6.42 Å². The second kappa shape index (κ2) is 8.99. The van der Waals surface area contributed by atoms with E-state index < -0.39 is 11.9 Å². The number of fused-ring (bicyclic) bond motifs is 1. The van der Waals surface area contributed by atoms with Crippen LogP contribution < -0.4 is 4.90 Å². The fraction of sp³-hybridized carbons (Fsp3) is 0.583. The van der Waals surface area contributed by atoms with Crippen LogP contribution in [0.1, 0.15) is 64.0 Å². The molecule has 1 aliphatic carbocycles. The fourth-order valence-electron chi connectivity index (χ4n) is 4.91. The minimum atomic E-state index is -1.06. The SMILES string of the molecule is C[C@@H]1C[C@@H](C)CN(c2nc3ccccc3nc2[C@H](C#N)C(=O)OC2CCCCC2)C1. The van der Waals surface area contributed by atoms with Crippen LogP contribution in [0, 0.1) is 23.2 Å². The zero-order valence-electron chi connectivity index (χ0n) is 17.9. The number of hydrogen-bond acceptors (Lipinski definition) is 6. The molecule has 0 unspecified atom stereocenters. The molecular formula is C24H30N4O2. The standard InChI is InChI=1S/C24H30N4O2/c1-16-12-17(2)15-28(14-16)23-22(26-20-10-6-7-11-21(20)27-23)19(13-25)24(29)30-18-8-4-3-5-9-18/h6-7,10-11,16-19H,3-5,8-9,12,14-15H2,1-2H3/t16-,17-,19+/m1/s1. The van der Waals surface area contributed by atoms with Crippen molar-refractivity contribution in [2.75, 3.05) is 18.0 Å². The summed E-state index contributed by atoms with van der Waals surface area (Å²) in [5.41, 5.74) is 1.90. The van der Waals surface area contributed by atoms with E-state index in [0.29, 0.717) is 28.9 Å². The van der Waals surface area contributed by atoms with Crippen molar-refractivity contribution >= 4 is 22.8 Å². The normalized spacial score (nSPS) is 23.7. The van der Waals surface area contributed by atoms with Crippen molar-refractivity contribution in [1.82, 2.24) is 9.97 Å². The van der Waals surface area contributed by atoms with Crippen LogP contribution in [0.25, 0.3) is 11.0 Å². The number of benzene rings is 1. The Hall–Kier alpha value is -2.68. The minimum absolute atomic E-state index is 0.0889. The van der Waals surface area contributed by atoms with E-state index in [4.69, 9.17) is 14.7 Å². The van der Waals surface area contributed by atoms with Crippen LogP contribution in [0.15, 0.2) is 24.3 Å². The number of para-hydroxylation sites is 2. The molecule has 4 rings (SSSR count). The summed E-state index contributed by atoms with van der Waals surface area (Å²) < 4.78 is 5.75. The highest BCUT2D eigenvalue weighted by Crippen LogP contribution is 2.33. The van der Waals surface area contributed by atoms with E-state index in [-0.39, 0.29) is 6.10 Å². The summed E-state index contributed by atoms with van der Waals surface area (Å²) in [5.74, 6) is 0.133. The molecule has 6 heteroatoms. The molecule has 0 radical (unpaired) electrons. The first-order valence-corrected chi connectivity index (χ1v) is 11.2. The zero-order chi connectivity index (χ0) is 21.1. The molecule has 0 bridgehead atoms. The second-order valence-electron chi connectivity index (χ2n) is 9.03. The van der Waals surface area contributed by atoms with Gasteiger partial charge >= 0.3 is 5.97 Å². The Bertz CT molecular complexity index is 938. The van der Waals surface area contributed by atoms with E-state index >= 15 is 0 Å². The van der Waals surface area contributed by atoms with Gasteiger partial charge in [0.1, 0.15) is 11.8 Å². The lowest BCUT2D eigenvalue weighted by molar-refractivity contribution is -0.150. The number of rotatable bonds is 4. The third kappa shape index (κ3) is 4.40. The summed E-state index contributed by atoms with van der Waals surface area (Å²) in [7, 11) is 0. The number of hydrogen-bond donors (Lipinski definition) is 0. The molecule has 2 aromatic rings. The molecule has 30 heavy (non-hydrogen) atoms. The van der Waals surface area contributed by atoms with Gasteiger partial charge in [0.15, 0.2) is 11.7 Å². The number of anilines is 1. The van der Waals surface area contributed by atoms with E-state index in [1.807, 2.05) is 24.3 Å². The van der Waals surface area contributed by atoms with E-state index in [1.54, 1.807) is 0 Å². The zero-order valence-corrected chi connectivity index (χ0v) is 17.9. The molecular weight excluding hydrogens is 376 g/mol. The van der Waals surface area contributed by atoms with E-state index in [9.17, 15) is 10.1 Å². The molecule has 1 saturated carbocycles. The van der Waals surface area contributed by atoms with Crippen LogP contribution in [0.5, 0.6) is 0 Å². The number of ether oxygens (including phenoxy) is 1. The monoisotopic (exact) mass is 406 g/mol. The summed E-state index contributed by atoms with van der Waals surface area (Å²) in [4.78, 5) is 24.8. The molecule has 3 atom stereocenters. The first-order valence-electron chi connectivity index (χ1n) is 11.2. The largest absolute Gasteiger partial charge is 0.461 e. The van der Waals surface area contributed by atoms with Crippen LogP contribution in [-0.4, -0.2) is 35.1 Å². The summed E-state index contributed by atoms with van der Waals surface area (Å²) >= 11 is 0. The number of esters is 1. The number of piperidine rings is 1. The third-order valence-electron chi connectivity index (χ3n) is 6.22. The van der Waals surface area contributed by atoms with E-state index in [2.05, 4.69) is 24.8 Å². The molecule has 2 aliphatic rings.